The molecule has 4 heteroatoms. The SMILES string of the molecule is N#C/C(=C(\Cl)c1ccc(F)cc1)c1cccnc1. The predicted octanol–water partition coefficient (Wildman–Crippen LogP) is 3.85. The first-order valence-corrected chi connectivity index (χ1v) is 5.56. The average molecular weight is 259 g/mol. The Kier molecular flexibility index (Phi) is 3.71. The van der Waals surface area contributed by atoms with Gasteiger partial charge in [-0.1, -0.05) is 29.8 Å². The van der Waals surface area contributed by atoms with Gasteiger partial charge in [0, 0.05) is 18.0 Å². The van der Waals surface area contributed by atoms with Crippen molar-refractivity contribution < 1.29 is 4.39 Å². The van der Waals surface area contributed by atoms with Crippen molar-refractivity contribution in [3.8, 4) is 6.07 Å². The largest absolute Gasteiger partial charge is 0.264 e. The summed E-state index contributed by atoms with van der Waals surface area (Å²) in [6.07, 6.45) is 3.18. The first-order valence-electron chi connectivity index (χ1n) is 5.18. The molecule has 2 rings (SSSR count). The highest BCUT2D eigenvalue weighted by molar-refractivity contribution is 6.53. The highest BCUT2D eigenvalue weighted by Gasteiger charge is 2.09. The van der Waals surface area contributed by atoms with Gasteiger partial charge in [0.15, 0.2) is 0 Å². The van der Waals surface area contributed by atoms with Gasteiger partial charge in [-0.15, -0.1) is 0 Å². The summed E-state index contributed by atoms with van der Waals surface area (Å²) < 4.78 is 12.8. The van der Waals surface area contributed by atoms with Gasteiger partial charge in [-0.2, -0.15) is 5.26 Å². The molecule has 1 aromatic carbocycles. The molecule has 2 aromatic rings. The third kappa shape index (κ3) is 2.55. The van der Waals surface area contributed by atoms with E-state index in [0.717, 1.165) is 0 Å². The van der Waals surface area contributed by atoms with Gasteiger partial charge in [0.2, 0.25) is 0 Å². The Labute approximate surface area is 109 Å². The van der Waals surface area contributed by atoms with E-state index in [1.807, 2.05) is 6.07 Å². The third-order valence-corrected chi connectivity index (χ3v) is 2.79. The summed E-state index contributed by atoms with van der Waals surface area (Å²) >= 11 is 6.17. The molecule has 0 unspecified atom stereocenters. The molecule has 0 bridgehead atoms. The van der Waals surface area contributed by atoms with Crippen LogP contribution in [0.15, 0.2) is 48.8 Å². The number of allylic oxidation sites excluding steroid dienone is 1. The lowest BCUT2D eigenvalue weighted by molar-refractivity contribution is 0.628. The van der Waals surface area contributed by atoms with Crippen LogP contribution in [0.2, 0.25) is 0 Å². The number of aromatic nitrogens is 1. The molecule has 0 aliphatic rings. The molecule has 88 valence electrons. The van der Waals surface area contributed by atoms with Crippen LogP contribution in [0.25, 0.3) is 10.6 Å². The van der Waals surface area contributed by atoms with Gasteiger partial charge in [-0.3, -0.25) is 4.98 Å². The number of nitriles is 1. The van der Waals surface area contributed by atoms with Gasteiger partial charge in [0.1, 0.15) is 11.9 Å². The summed E-state index contributed by atoms with van der Waals surface area (Å²) in [5, 5.41) is 9.45. The Balaban J connectivity index is 2.51. The Hall–Kier alpha value is -2.18. The molecule has 0 atom stereocenters. The summed E-state index contributed by atoms with van der Waals surface area (Å²) in [5.41, 5.74) is 1.55. The molecule has 0 N–H and O–H groups in total. The first-order chi connectivity index (χ1) is 8.72. The van der Waals surface area contributed by atoms with Gasteiger partial charge < -0.3 is 0 Å². The van der Waals surface area contributed by atoms with Gasteiger partial charge >= 0.3 is 0 Å². The number of halogens is 2. The maximum atomic E-state index is 12.8. The Morgan fingerprint density at radius 1 is 1.17 bits per heavy atom. The smallest absolute Gasteiger partial charge is 0.123 e. The van der Waals surface area contributed by atoms with Crippen molar-refractivity contribution >= 4 is 22.2 Å². The maximum absolute atomic E-state index is 12.8. The standard InChI is InChI=1S/C14H8ClFN2/c15-14(10-3-5-12(16)6-4-10)13(8-17)11-2-1-7-18-9-11/h1-7,9H/b14-13+. The van der Waals surface area contributed by atoms with Crippen molar-refractivity contribution in [1.29, 1.82) is 5.26 Å². The molecule has 18 heavy (non-hydrogen) atoms. The molecule has 0 aliphatic heterocycles. The van der Waals surface area contributed by atoms with Crippen molar-refractivity contribution in [2.75, 3.05) is 0 Å². The lowest BCUT2D eigenvalue weighted by Crippen LogP contribution is -1.87. The van der Waals surface area contributed by atoms with Crippen LogP contribution < -0.4 is 0 Å². The van der Waals surface area contributed by atoms with Gasteiger partial charge in [-0.25, -0.2) is 4.39 Å². The van der Waals surface area contributed by atoms with E-state index >= 15 is 0 Å². The number of hydrogen-bond donors (Lipinski definition) is 0. The molecule has 0 fully saturated rings. The zero-order valence-corrected chi connectivity index (χ0v) is 10.0. The summed E-state index contributed by atoms with van der Waals surface area (Å²) in [7, 11) is 0. The molecule has 0 saturated heterocycles. The normalized spacial score (nSPS) is 11.6. The van der Waals surface area contributed by atoms with E-state index in [4.69, 9.17) is 11.6 Å². The van der Waals surface area contributed by atoms with Crippen molar-refractivity contribution in [2.24, 2.45) is 0 Å². The minimum Gasteiger partial charge on any atom is -0.264 e. The molecule has 0 aliphatic carbocycles. The van der Waals surface area contributed by atoms with Crippen molar-refractivity contribution in [1.82, 2.24) is 4.98 Å². The highest BCUT2D eigenvalue weighted by Crippen LogP contribution is 2.28. The lowest BCUT2D eigenvalue weighted by Gasteiger charge is -2.04. The Bertz CT molecular complexity index is 612. The fourth-order valence-corrected chi connectivity index (χ4v) is 1.77. The summed E-state index contributed by atoms with van der Waals surface area (Å²) in [4.78, 5) is 3.94. The fourth-order valence-electron chi connectivity index (χ4n) is 1.49. The number of nitrogens with zero attached hydrogens (tertiary/aromatic N) is 2. The maximum Gasteiger partial charge on any atom is 0.123 e. The van der Waals surface area contributed by atoms with E-state index in [9.17, 15) is 9.65 Å². The second-order valence-electron chi connectivity index (χ2n) is 3.55. The number of hydrogen-bond acceptors (Lipinski definition) is 2. The molecule has 2 nitrogen and oxygen atoms in total. The second-order valence-corrected chi connectivity index (χ2v) is 3.93. The van der Waals surface area contributed by atoms with Gasteiger partial charge in [0.05, 0.1) is 10.6 Å². The third-order valence-electron chi connectivity index (χ3n) is 2.38. The molecule has 1 heterocycles. The van der Waals surface area contributed by atoms with Gasteiger partial charge in [0.25, 0.3) is 0 Å². The highest BCUT2D eigenvalue weighted by atomic mass is 35.5. The number of rotatable bonds is 2. The number of pyridine rings is 1. The fraction of sp³-hybridized carbons (Fsp3) is 0. The molecule has 0 radical (unpaired) electrons. The van der Waals surface area contributed by atoms with Crippen LogP contribution in [0, 0.1) is 17.1 Å². The average Bonchev–Trinajstić information content (AvgIpc) is 2.41. The summed E-state index contributed by atoms with van der Waals surface area (Å²) in [6, 6.07) is 11.2. The van der Waals surface area contributed by atoms with Crippen LogP contribution in [0.5, 0.6) is 0 Å². The Morgan fingerprint density at radius 3 is 2.44 bits per heavy atom. The van der Waals surface area contributed by atoms with Crippen LogP contribution in [0.4, 0.5) is 4.39 Å². The van der Waals surface area contributed by atoms with Crippen LogP contribution in [0.1, 0.15) is 11.1 Å². The minimum absolute atomic E-state index is 0.283. The van der Waals surface area contributed by atoms with Crippen molar-refractivity contribution in [3.05, 3.63) is 65.7 Å². The zero-order chi connectivity index (χ0) is 13.0. The summed E-state index contributed by atoms with van der Waals surface area (Å²) in [6.45, 7) is 0. The van der Waals surface area contributed by atoms with E-state index in [0.29, 0.717) is 16.7 Å². The lowest BCUT2D eigenvalue weighted by atomic mass is 10.1. The molecule has 0 spiro atoms. The van der Waals surface area contributed by atoms with E-state index in [-0.39, 0.29) is 10.8 Å². The van der Waals surface area contributed by atoms with Crippen molar-refractivity contribution in [3.63, 3.8) is 0 Å². The van der Waals surface area contributed by atoms with E-state index in [2.05, 4.69) is 4.98 Å². The quantitative estimate of drug-likeness (QED) is 0.767. The van der Waals surface area contributed by atoms with Crippen LogP contribution in [0.3, 0.4) is 0 Å². The zero-order valence-electron chi connectivity index (χ0n) is 9.27. The second kappa shape index (κ2) is 5.44. The minimum atomic E-state index is -0.344. The summed E-state index contributed by atoms with van der Waals surface area (Å²) in [5.74, 6) is -0.344. The first kappa shape index (κ1) is 12.3. The van der Waals surface area contributed by atoms with Crippen LogP contribution in [-0.4, -0.2) is 4.98 Å². The van der Waals surface area contributed by atoms with Crippen LogP contribution in [-0.2, 0) is 0 Å². The topological polar surface area (TPSA) is 36.7 Å². The molecule has 0 saturated carbocycles. The van der Waals surface area contributed by atoms with E-state index < -0.39 is 0 Å². The van der Waals surface area contributed by atoms with E-state index in [1.165, 1.54) is 24.3 Å². The molecule has 0 amide bonds. The van der Waals surface area contributed by atoms with E-state index in [1.54, 1.807) is 24.5 Å². The molecule has 1 aromatic heterocycles. The molecular formula is C14H8ClFN2. The number of benzene rings is 1. The predicted molar refractivity (Wildman–Crippen MR) is 68.9 cm³/mol. The van der Waals surface area contributed by atoms with Crippen molar-refractivity contribution in [2.45, 2.75) is 0 Å². The van der Waals surface area contributed by atoms with Crippen LogP contribution >= 0.6 is 11.6 Å². The van der Waals surface area contributed by atoms with Gasteiger partial charge in [-0.05, 0) is 23.8 Å². The Morgan fingerprint density at radius 2 is 1.89 bits per heavy atom. The monoisotopic (exact) mass is 258 g/mol. The molecular weight excluding hydrogens is 251 g/mol.